The molecule has 1 aliphatic rings. The maximum atomic E-state index is 12.7. The molecule has 4 aromatic rings. The number of nitrogens with zero attached hydrogens (tertiary/aromatic N) is 1. The molecule has 1 atom stereocenters. The van der Waals surface area contributed by atoms with Crippen molar-refractivity contribution in [3.8, 4) is 23.3 Å². The number of hydrogen-bond donors (Lipinski definition) is 1. The number of rotatable bonds is 6. The molecule has 0 aromatic heterocycles. The predicted octanol–water partition coefficient (Wildman–Crippen LogP) is 6.47. The second kappa shape index (κ2) is 10.6. The van der Waals surface area contributed by atoms with Gasteiger partial charge < -0.3 is 19.9 Å². The summed E-state index contributed by atoms with van der Waals surface area (Å²) in [5, 5.41) is 9.89. The van der Waals surface area contributed by atoms with E-state index in [4.69, 9.17) is 19.9 Å². The number of carbonyl (C=O) groups is 1. The van der Waals surface area contributed by atoms with Crippen LogP contribution >= 0.6 is 15.9 Å². The summed E-state index contributed by atoms with van der Waals surface area (Å²) in [4.78, 5) is 12.7. The van der Waals surface area contributed by atoms with Gasteiger partial charge in [0, 0.05) is 16.1 Å². The average molecular weight is 553 g/mol. The Morgan fingerprint density at radius 3 is 2.51 bits per heavy atom. The summed E-state index contributed by atoms with van der Waals surface area (Å²) >= 11 is 3.37. The molecular weight excluding hydrogens is 532 g/mol. The van der Waals surface area contributed by atoms with Gasteiger partial charge in [0.1, 0.15) is 35.5 Å². The molecule has 1 unspecified atom stereocenters. The molecule has 2 N–H and O–H groups in total. The summed E-state index contributed by atoms with van der Waals surface area (Å²) in [5.74, 6) is 0.404. The molecule has 1 aliphatic heterocycles. The molecule has 0 amide bonds. The number of carbonyl (C=O) groups excluding carboxylic acids is 1. The first-order valence-electron chi connectivity index (χ1n) is 11.5. The van der Waals surface area contributed by atoms with Crippen LogP contribution in [0.2, 0.25) is 0 Å². The highest BCUT2D eigenvalue weighted by atomic mass is 79.9. The Bertz CT molecular complexity index is 1540. The fourth-order valence-corrected chi connectivity index (χ4v) is 4.60. The number of esters is 1. The molecule has 5 rings (SSSR count). The minimum Gasteiger partial charge on any atom is -0.489 e. The van der Waals surface area contributed by atoms with E-state index < -0.39 is 11.9 Å². The molecule has 7 heteroatoms. The Kier molecular flexibility index (Phi) is 6.93. The number of ether oxygens (including phenoxy) is 3. The van der Waals surface area contributed by atoms with Crippen LogP contribution in [-0.2, 0) is 6.61 Å². The minimum atomic E-state index is -0.510. The molecule has 37 heavy (non-hydrogen) atoms. The summed E-state index contributed by atoms with van der Waals surface area (Å²) in [7, 11) is 0. The van der Waals surface area contributed by atoms with E-state index in [9.17, 15) is 10.1 Å². The first-order chi connectivity index (χ1) is 18.0. The molecule has 0 saturated carbocycles. The van der Waals surface area contributed by atoms with Crippen LogP contribution in [0.1, 0.15) is 33.0 Å². The van der Waals surface area contributed by atoms with Gasteiger partial charge in [-0.3, -0.25) is 0 Å². The molecule has 1 heterocycles. The number of nitriles is 1. The highest BCUT2D eigenvalue weighted by Crippen LogP contribution is 2.44. The van der Waals surface area contributed by atoms with Crippen molar-refractivity contribution in [3.05, 3.63) is 135 Å². The predicted molar refractivity (Wildman–Crippen MR) is 142 cm³/mol. The average Bonchev–Trinajstić information content (AvgIpc) is 2.92. The van der Waals surface area contributed by atoms with Gasteiger partial charge in [0.25, 0.3) is 0 Å². The van der Waals surface area contributed by atoms with Crippen molar-refractivity contribution in [3.63, 3.8) is 0 Å². The lowest BCUT2D eigenvalue weighted by Gasteiger charge is -2.27. The second-order valence-electron chi connectivity index (χ2n) is 8.34. The molecule has 0 spiro atoms. The number of allylic oxidation sites excluding steroid dienone is 1. The summed E-state index contributed by atoms with van der Waals surface area (Å²) in [6.45, 7) is 0.421. The van der Waals surface area contributed by atoms with Crippen LogP contribution in [0.25, 0.3) is 0 Å². The van der Waals surface area contributed by atoms with Gasteiger partial charge >= 0.3 is 5.97 Å². The second-order valence-corrected chi connectivity index (χ2v) is 9.19. The van der Waals surface area contributed by atoms with Gasteiger partial charge in [-0.25, -0.2) is 4.79 Å². The van der Waals surface area contributed by atoms with Crippen LogP contribution < -0.4 is 19.9 Å². The normalized spacial score (nSPS) is 14.2. The smallest absolute Gasteiger partial charge is 0.344 e. The van der Waals surface area contributed by atoms with E-state index >= 15 is 0 Å². The van der Waals surface area contributed by atoms with Crippen LogP contribution in [0.3, 0.4) is 0 Å². The highest BCUT2D eigenvalue weighted by Gasteiger charge is 2.31. The fourth-order valence-electron chi connectivity index (χ4n) is 4.16. The molecular formula is C30H21BrN2O4. The van der Waals surface area contributed by atoms with E-state index in [1.807, 2.05) is 60.7 Å². The van der Waals surface area contributed by atoms with Crippen LogP contribution in [0.15, 0.2) is 113 Å². The summed E-state index contributed by atoms with van der Waals surface area (Å²) < 4.78 is 18.0. The quantitative estimate of drug-likeness (QED) is 0.217. The number of fused-ring (bicyclic) bond motifs is 1. The van der Waals surface area contributed by atoms with Gasteiger partial charge in [0.15, 0.2) is 0 Å². The Hall–Kier alpha value is -4.54. The van der Waals surface area contributed by atoms with Gasteiger partial charge in [0.2, 0.25) is 5.88 Å². The van der Waals surface area contributed by atoms with Gasteiger partial charge in [-0.2, -0.15) is 5.26 Å². The molecule has 4 aromatic carbocycles. The molecule has 6 nitrogen and oxygen atoms in total. The Morgan fingerprint density at radius 1 is 0.946 bits per heavy atom. The van der Waals surface area contributed by atoms with Crippen LogP contribution in [0, 0.1) is 11.3 Å². The Balaban J connectivity index is 1.43. The Labute approximate surface area is 222 Å². The number of nitrogens with two attached hydrogens (primary N) is 1. The standard InChI is InChI=1S/C30H21BrN2O4/c31-26-12-5-4-11-23(26)30(34)36-22-13-14-24-27(16-22)37-29(33)25(17-32)28(24)20-9-6-10-21(15-20)35-18-19-7-2-1-3-8-19/h1-16,28H,18,33H2. The lowest BCUT2D eigenvalue weighted by molar-refractivity contribution is 0.0733. The van der Waals surface area contributed by atoms with E-state index in [-0.39, 0.29) is 5.88 Å². The first-order valence-corrected chi connectivity index (χ1v) is 12.3. The van der Waals surface area contributed by atoms with Crippen LogP contribution in [-0.4, -0.2) is 5.97 Å². The van der Waals surface area contributed by atoms with Crippen molar-refractivity contribution in [1.82, 2.24) is 0 Å². The third kappa shape index (κ3) is 5.20. The lowest BCUT2D eigenvalue weighted by Crippen LogP contribution is -2.21. The lowest BCUT2D eigenvalue weighted by atomic mass is 9.83. The van der Waals surface area contributed by atoms with E-state index in [2.05, 4.69) is 22.0 Å². The van der Waals surface area contributed by atoms with Gasteiger partial charge in [-0.1, -0.05) is 60.7 Å². The van der Waals surface area contributed by atoms with Gasteiger partial charge in [-0.05, 0) is 57.4 Å². The molecule has 0 aliphatic carbocycles. The summed E-state index contributed by atoms with van der Waals surface area (Å²) in [6, 6.07) is 31.7. The number of halogens is 1. The van der Waals surface area contributed by atoms with E-state index in [0.29, 0.717) is 39.5 Å². The van der Waals surface area contributed by atoms with Gasteiger partial charge in [0.05, 0.1) is 11.5 Å². The highest BCUT2D eigenvalue weighted by molar-refractivity contribution is 9.10. The largest absolute Gasteiger partial charge is 0.489 e. The van der Waals surface area contributed by atoms with E-state index in [0.717, 1.165) is 16.7 Å². The Morgan fingerprint density at radius 2 is 1.73 bits per heavy atom. The SMILES string of the molecule is N#CC1=C(N)Oc2cc(OC(=O)c3ccccc3Br)ccc2C1c1cccc(OCc2ccccc2)c1. The third-order valence-corrected chi connectivity index (χ3v) is 6.63. The molecule has 0 bridgehead atoms. The van der Waals surface area contributed by atoms with E-state index in [1.165, 1.54) is 0 Å². The van der Waals surface area contributed by atoms with Crippen molar-refractivity contribution < 1.29 is 19.0 Å². The van der Waals surface area contributed by atoms with Crippen molar-refractivity contribution >= 4 is 21.9 Å². The molecule has 0 fully saturated rings. The minimum absolute atomic E-state index is 0.00453. The zero-order valence-electron chi connectivity index (χ0n) is 19.6. The number of benzene rings is 4. The van der Waals surface area contributed by atoms with Gasteiger partial charge in [-0.15, -0.1) is 0 Å². The van der Waals surface area contributed by atoms with Crippen molar-refractivity contribution in [2.24, 2.45) is 5.73 Å². The van der Waals surface area contributed by atoms with Crippen molar-refractivity contribution in [1.29, 1.82) is 5.26 Å². The number of hydrogen-bond acceptors (Lipinski definition) is 6. The van der Waals surface area contributed by atoms with Crippen molar-refractivity contribution in [2.75, 3.05) is 0 Å². The monoisotopic (exact) mass is 552 g/mol. The zero-order valence-corrected chi connectivity index (χ0v) is 21.1. The van der Waals surface area contributed by atoms with Crippen molar-refractivity contribution in [2.45, 2.75) is 12.5 Å². The summed E-state index contributed by atoms with van der Waals surface area (Å²) in [6.07, 6.45) is 0. The zero-order chi connectivity index (χ0) is 25.8. The van der Waals surface area contributed by atoms with E-state index in [1.54, 1.807) is 36.4 Å². The summed E-state index contributed by atoms with van der Waals surface area (Å²) in [5.41, 5.74) is 9.46. The molecule has 182 valence electrons. The molecule has 0 saturated heterocycles. The topological polar surface area (TPSA) is 94.6 Å². The maximum Gasteiger partial charge on any atom is 0.344 e. The molecule has 0 radical (unpaired) electrons. The third-order valence-electron chi connectivity index (χ3n) is 5.93. The maximum absolute atomic E-state index is 12.7. The fraction of sp³-hybridized carbons (Fsp3) is 0.0667. The van der Waals surface area contributed by atoms with Crippen LogP contribution in [0.5, 0.6) is 17.2 Å². The first kappa shape index (κ1) is 24.2. The van der Waals surface area contributed by atoms with Crippen LogP contribution in [0.4, 0.5) is 0 Å².